The Bertz CT molecular complexity index is 1430. The number of aromatic nitrogens is 2. The van der Waals surface area contributed by atoms with Crippen molar-refractivity contribution >= 4 is 12.0 Å². The third-order valence-electron chi connectivity index (χ3n) is 5.99. The van der Waals surface area contributed by atoms with E-state index in [0.29, 0.717) is 17.9 Å². The highest BCUT2D eigenvalue weighted by Crippen LogP contribution is 2.30. The number of aryl methyl sites for hydroxylation is 1. The highest BCUT2D eigenvalue weighted by molar-refractivity contribution is 6.02. The van der Waals surface area contributed by atoms with E-state index in [4.69, 9.17) is 9.84 Å². The molecule has 0 bridgehead atoms. The van der Waals surface area contributed by atoms with E-state index in [2.05, 4.69) is 18.3 Å². The van der Waals surface area contributed by atoms with Crippen LogP contribution in [0.15, 0.2) is 90.6 Å². The van der Waals surface area contributed by atoms with E-state index in [0.717, 1.165) is 34.5 Å². The van der Waals surface area contributed by atoms with E-state index >= 15 is 0 Å². The van der Waals surface area contributed by atoms with Gasteiger partial charge >= 0.3 is 0 Å². The van der Waals surface area contributed by atoms with Crippen molar-refractivity contribution in [2.45, 2.75) is 33.2 Å². The molecule has 0 radical (unpaired) electrons. The number of nitrogens with zero attached hydrogens (tertiary/aromatic N) is 3. The topological polar surface area (TPSA) is 79.9 Å². The fourth-order valence-corrected chi connectivity index (χ4v) is 4.00. The highest BCUT2D eigenvalue weighted by Gasteiger charge is 2.18. The van der Waals surface area contributed by atoms with Gasteiger partial charge in [-0.15, -0.1) is 0 Å². The zero-order chi connectivity index (χ0) is 26.2. The largest absolute Gasteiger partial charge is 0.493 e. The van der Waals surface area contributed by atoms with Crippen LogP contribution >= 0.6 is 0 Å². The van der Waals surface area contributed by atoms with E-state index in [9.17, 15) is 10.1 Å². The van der Waals surface area contributed by atoms with Gasteiger partial charge in [0.25, 0.3) is 5.91 Å². The molecule has 1 unspecified atom stereocenters. The highest BCUT2D eigenvalue weighted by atomic mass is 16.5. The number of rotatable bonds is 9. The maximum Gasteiger partial charge on any atom is 0.262 e. The van der Waals surface area contributed by atoms with Gasteiger partial charge in [-0.05, 0) is 67.8 Å². The fraction of sp³-hybridized carbons (Fsp3) is 0.194. The number of para-hydroxylation sites is 1. The van der Waals surface area contributed by atoms with Crippen molar-refractivity contribution in [3.8, 4) is 28.8 Å². The van der Waals surface area contributed by atoms with Gasteiger partial charge in [-0.1, -0.05) is 55.5 Å². The summed E-state index contributed by atoms with van der Waals surface area (Å²) in [4.78, 5) is 13.0. The number of nitrogens with one attached hydrogen (secondary N) is 1. The van der Waals surface area contributed by atoms with Crippen LogP contribution < -0.4 is 10.1 Å². The molecule has 0 spiro atoms. The third kappa shape index (κ3) is 6.14. The van der Waals surface area contributed by atoms with E-state index in [1.54, 1.807) is 10.8 Å². The SMILES string of the molecule is CCCOc1ccc(-c2nn(-c3ccccc3)cc2/C=C(/C#N)C(=O)NC(C)c2ccccc2)cc1C. The van der Waals surface area contributed by atoms with Gasteiger partial charge in [-0.3, -0.25) is 4.79 Å². The molecule has 6 heteroatoms. The van der Waals surface area contributed by atoms with E-state index < -0.39 is 5.91 Å². The summed E-state index contributed by atoms with van der Waals surface area (Å²) >= 11 is 0. The Hall–Kier alpha value is -4.63. The monoisotopic (exact) mass is 490 g/mol. The van der Waals surface area contributed by atoms with Crippen molar-refractivity contribution in [1.82, 2.24) is 15.1 Å². The summed E-state index contributed by atoms with van der Waals surface area (Å²) in [6.07, 6.45) is 4.37. The van der Waals surface area contributed by atoms with Crippen molar-refractivity contribution in [2.75, 3.05) is 6.61 Å². The molecule has 4 aromatic rings. The van der Waals surface area contributed by atoms with E-state index in [-0.39, 0.29) is 11.6 Å². The van der Waals surface area contributed by atoms with Gasteiger partial charge in [-0.2, -0.15) is 10.4 Å². The number of nitriles is 1. The van der Waals surface area contributed by atoms with Gasteiger partial charge in [0.05, 0.1) is 18.3 Å². The van der Waals surface area contributed by atoms with Crippen LogP contribution in [0.4, 0.5) is 0 Å². The van der Waals surface area contributed by atoms with E-state index in [1.165, 1.54) is 0 Å². The van der Waals surface area contributed by atoms with Crippen LogP contribution in [-0.2, 0) is 4.79 Å². The molecule has 3 aromatic carbocycles. The minimum absolute atomic E-state index is 0.0104. The van der Waals surface area contributed by atoms with Crippen molar-refractivity contribution in [3.05, 3.63) is 107 Å². The molecule has 37 heavy (non-hydrogen) atoms. The molecule has 1 heterocycles. The molecule has 0 saturated heterocycles. The molecule has 0 fully saturated rings. The lowest BCUT2D eigenvalue weighted by atomic mass is 10.0. The van der Waals surface area contributed by atoms with Crippen LogP contribution in [0.3, 0.4) is 0 Å². The lowest BCUT2D eigenvalue weighted by Crippen LogP contribution is -2.27. The van der Waals surface area contributed by atoms with E-state index in [1.807, 2.05) is 98.9 Å². The summed E-state index contributed by atoms with van der Waals surface area (Å²) in [6, 6.07) is 27.1. The summed E-state index contributed by atoms with van der Waals surface area (Å²) < 4.78 is 7.60. The Kier molecular flexibility index (Phi) is 8.17. The summed E-state index contributed by atoms with van der Waals surface area (Å²) in [5.41, 5.74) is 5.06. The molecule has 1 aromatic heterocycles. The Labute approximate surface area is 217 Å². The van der Waals surface area contributed by atoms with Crippen LogP contribution in [0, 0.1) is 18.3 Å². The maximum absolute atomic E-state index is 13.0. The van der Waals surface area contributed by atoms with Crippen molar-refractivity contribution < 1.29 is 9.53 Å². The quantitative estimate of drug-likeness (QED) is 0.217. The number of benzene rings is 3. The molecule has 0 saturated carbocycles. The molecule has 6 nitrogen and oxygen atoms in total. The second-order valence-corrected chi connectivity index (χ2v) is 8.82. The summed E-state index contributed by atoms with van der Waals surface area (Å²) in [5.74, 6) is 0.397. The molecule has 0 aliphatic carbocycles. The predicted octanol–water partition coefficient (Wildman–Crippen LogP) is 6.42. The van der Waals surface area contributed by atoms with Gasteiger partial charge in [0, 0.05) is 17.3 Å². The van der Waals surface area contributed by atoms with Crippen LogP contribution in [0.1, 0.15) is 43.0 Å². The fourth-order valence-electron chi connectivity index (χ4n) is 4.00. The van der Waals surface area contributed by atoms with Crippen LogP contribution in [-0.4, -0.2) is 22.3 Å². The lowest BCUT2D eigenvalue weighted by molar-refractivity contribution is -0.117. The number of hydrogen-bond acceptors (Lipinski definition) is 4. The molecular formula is C31H30N4O2. The Morgan fingerprint density at radius 1 is 1.11 bits per heavy atom. The van der Waals surface area contributed by atoms with Crippen molar-refractivity contribution in [3.63, 3.8) is 0 Å². The number of ether oxygens (including phenoxy) is 1. The predicted molar refractivity (Wildman–Crippen MR) is 146 cm³/mol. The van der Waals surface area contributed by atoms with Gasteiger partial charge in [-0.25, -0.2) is 4.68 Å². The lowest BCUT2D eigenvalue weighted by Gasteiger charge is -2.13. The smallest absolute Gasteiger partial charge is 0.262 e. The second-order valence-electron chi connectivity index (χ2n) is 8.82. The standard InChI is InChI=1S/C31H30N4O2/c1-4-17-37-29-16-15-25(18-22(29)2)30-27(21-35(34-30)28-13-9-6-10-14-28)19-26(20-32)31(36)33-23(3)24-11-7-5-8-12-24/h5-16,18-19,21,23H,4,17H2,1-3H3,(H,33,36)/b26-19-. The molecular weight excluding hydrogens is 460 g/mol. The van der Waals surface area contributed by atoms with Crippen molar-refractivity contribution in [2.24, 2.45) is 0 Å². The molecule has 4 rings (SSSR count). The number of amides is 1. The van der Waals surface area contributed by atoms with Crippen molar-refractivity contribution in [1.29, 1.82) is 5.26 Å². The molecule has 0 aliphatic rings. The average Bonchev–Trinajstić information content (AvgIpc) is 3.35. The second kappa shape index (κ2) is 11.9. The first-order chi connectivity index (χ1) is 18.0. The number of carbonyl (C=O) groups excluding carboxylic acids is 1. The van der Waals surface area contributed by atoms with Crippen LogP contribution in [0.25, 0.3) is 23.0 Å². The summed E-state index contributed by atoms with van der Waals surface area (Å²) in [5, 5.41) is 17.6. The zero-order valence-corrected chi connectivity index (χ0v) is 21.3. The molecule has 186 valence electrons. The van der Waals surface area contributed by atoms with Gasteiger partial charge in [0.15, 0.2) is 0 Å². The minimum atomic E-state index is -0.434. The van der Waals surface area contributed by atoms with Gasteiger partial charge in [0.1, 0.15) is 23.1 Å². The Morgan fingerprint density at radius 2 is 1.81 bits per heavy atom. The average molecular weight is 491 g/mol. The number of hydrogen-bond donors (Lipinski definition) is 1. The molecule has 1 atom stereocenters. The normalized spacial score (nSPS) is 12.0. The first-order valence-corrected chi connectivity index (χ1v) is 12.4. The zero-order valence-electron chi connectivity index (χ0n) is 21.3. The molecule has 0 aliphatic heterocycles. The Morgan fingerprint density at radius 3 is 2.46 bits per heavy atom. The van der Waals surface area contributed by atoms with Crippen LogP contribution in [0.5, 0.6) is 5.75 Å². The minimum Gasteiger partial charge on any atom is -0.493 e. The van der Waals surface area contributed by atoms with Gasteiger partial charge < -0.3 is 10.1 Å². The maximum atomic E-state index is 13.0. The molecule has 1 amide bonds. The Balaban J connectivity index is 1.71. The molecule has 1 N–H and O–H groups in total. The number of carbonyl (C=O) groups is 1. The third-order valence-corrected chi connectivity index (χ3v) is 5.99. The summed E-state index contributed by atoms with van der Waals surface area (Å²) in [6.45, 7) is 6.62. The van der Waals surface area contributed by atoms with Crippen LogP contribution in [0.2, 0.25) is 0 Å². The first kappa shape index (κ1) is 25.5. The van der Waals surface area contributed by atoms with Gasteiger partial charge in [0.2, 0.25) is 0 Å². The first-order valence-electron chi connectivity index (χ1n) is 12.4. The summed E-state index contributed by atoms with van der Waals surface area (Å²) in [7, 11) is 0.